The molecule has 6 nitrogen and oxygen atoms in total. The van der Waals surface area contributed by atoms with Crippen molar-refractivity contribution in [3.63, 3.8) is 0 Å². The summed E-state index contributed by atoms with van der Waals surface area (Å²) >= 11 is 0. The summed E-state index contributed by atoms with van der Waals surface area (Å²) in [6.45, 7) is 4.88. The number of sulfonamides is 1. The van der Waals surface area contributed by atoms with Gasteiger partial charge in [0.15, 0.2) is 0 Å². The van der Waals surface area contributed by atoms with Gasteiger partial charge in [0.25, 0.3) is 5.91 Å². The zero-order chi connectivity index (χ0) is 19.4. The lowest BCUT2D eigenvalue weighted by atomic mass is 9.94. The molecule has 2 aromatic rings. The van der Waals surface area contributed by atoms with Gasteiger partial charge in [-0.1, -0.05) is 24.3 Å². The molecule has 0 spiro atoms. The van der Waals surface area contributed by atoms with Crippen molar-refractivity contribution in [1.29, 1.82) is 0 Å². The first-order chi connectivity index (χ1) is 12.9. The van der Waals surface area contributed by atoms with Crippen molar-refractivity contribution in [2.45, 2.75) is 37.2 Å². The molecule has 28 heavy (non-hydrogen) atoms. The average molecular weight is 424 g/mol. The minimum atomic E-state index is -3.56. The van der Waals surface area contributed by atoms with Crippen LogP contribution < -0.4 is 15.4 Å². The van der Waals surface area contributed by atoms with Crippen molar-refractivity contribution in [2.24, 2.45) is 0 Å². The number of rotatable bonds is 6. The molecule has 1 heterocycles. The minimum Gasteiger partial charge on any atom is -0.350 e. The van der Waals surface area contributed by atoms with E-state index in [1.807, 2.05) is 12.1 Å². The Morgan fingerprint density at radius 1 is 1.14 bits per heavy atom. The van der Waals surface area contributed by atoms with Crippen molar-refractivity contribution in [3.05, 3.63) is 65.2 Å². The predicted octanol–water partition coefficient (Wildman–Crippen LogP) is 2.41. The summed E-state index contributed by atoms with van der Waals surface area (Å²) in [7, 11) is -3.56. The van der Waals surface area contributed by atoms with Crippen LogP contribution in [0.4, 0.5) is 0 Å². The maximum absolute atomic E-state index is 12.4. The van der Waals surface area contributed by atoms with Crippen LogP contribution in [-0.4, -0.2) is 33.5 Å². The van der Waals surface area contributed by atoms with Crippen molar-refractivity contribution in [3.8, 4) is 0 Å². The Morgan fingerprint density at radius 3 is 2.50 bits per heavy atom. The van der Waals surface area contributed by atoms with Crippen LogP contribution in [0.2, 0.25) is 0 Å². The minimum absolute atomic E-state index is 0. The Kier molecular flexibility index (Phi) is 7.60. The maximum atomic E-state index is 12.4. The molecule has 3 N–H and O–H groups in total. The molecule has 0 saturated carbocycles. The first-order valence-corrected chi connectivity index (χ1v) is 10.6. The molecule has 0 radical (unpaired) electrons. The molecule has 0 aliphatic carbocycles. The van der Waals surface area contributed by atoms with Crippen LogP contribution >= 0.6 is 12.4 Å². The van der Waals surface area contributed by atoms with E-state index in [9.17, 15) is 13.2 Å². The van der Waals surface area contributed by atoms with Crippen LogP contribution in [0, 0.1) is 0 Å². The summed E-state index contributed by atoms with van der Waals surface area (Å²) in [6, 6.07) is 14.1. The highest BCUT2D eigenvalue weighted by Gasteiger charge is 2.20. The Morgan fingerprint density at radius 2 is 1.82 bits per heavy atom. The molecule has 3 rings (SSSR count). The zero-order valence-corrected chi connectivity index (χ0v) is 17.6. The van der Waals surface area contributed by atoms with Crippen LogP contribution in [0.15, 0.2) is 53.4 Å². The Balaban J connectivity index is 0.00000280. The molecule has 0 fully saturated rings. The van der Waals surface area contributed by atoms with Gasteiger partial charge in [-0.25, -0.2) is 13.1 Å². The molecule has 0 aromatic heterocycles. The molecule has 1 unspecified atom stereocenters. The molecular weight excluding hydrogens is 398 g/mol. The molecule has 0 bridgehead atoms. The van der Waals surface area contributed by atoms with Crippen LogP contribution in [0.25, 0.3) is 0 Å². The molecule has 1 amide bonds. The van der Waals surface area contributed by atoms with Gasteiger partial charge in [-0.3, -0.25) is 4.79 Å². The molecule has 1 aliphatic heterocycles. The quantitative estimate of drug-likeness (QED) is 0.665. The number of benzene rings is 2. The SMILES string of the molecule is CC(C)NS(=O)(=O)c1ccc(C(=O)NCC2NCCc3ccccc32)cc1.Cl. The molecule has 8 heteroatoms. The standard InChI is InChI=1S/C20H25N3O3S.ClH/c1-14(2)23-27(25,26)17-9-7-16(8-10-17)20(24)22-13-19-18-6-4-3-5-15(18)11-12-21-19;/h3-10,14,19,21,23H,11-13H2,1-2H3,(H,22,24);1H. The first-order valence-electron chi connectivity index (χ1n) is 9.08. The van der Waals surface area contributed by atoms with Gasteiger partial charge in [0.1, 0.15) is 0 Å². The number of amides is 1. The van der Waals surface area contributed by atoms with Crippen molar-refractivity contribution < 1.29 is 13.2 Å². The highest BCUT2D eigenvalue weighted by atomic mass is 35.5. The number of halogens is 1. The van der Waals surface area contributed by atoms with Gasteiger partial charge >= 0.3 is 0 Å². The fourth-order valence-electron chi connectivity index (χ4n) is 3.24. The highest BCUT2D eigenvalue weighted by molar-refractivity contribution is 7.89. The van der Waals surface area contributed by atoms with Gasteiger partial charge < -0.3 is 10.6 Å². The zero-order valence-electron chi connectivity index (χ0n) is 15.9. The summed E-state index contributed by atoms with van der Waals surface area (Å²) in [6.07, 6.45) is 0.987. The average Bonchev–Trinajstić information content (AvgIpc) is 2.65. The lowest BCUT2D eigenvalue weighted by molar-refractivity contribution is 0.0949. The number of nitrogens with one attached hydrogen (secondary N) is 3. The van der Waals surface area contributed by atoms with Gasteiger partial charge in [0.2, 0.25) is 10.0 Å². The summed E-state index contributed by atoms with van der Waals surface area (Å²) in [5.41, 5.74) is 2.95. The van der Waals surface area contributed by atoms with Gasteiger partial charge in [-0.05, 0) is 62.2 Å². The molecular formula is C20H26ClN3O3S. The first kappa shape index (κ1) is 22.4. The van der Waals surface area contributed by atoms with E-state index in [-0.39, 0.29) is 35.3 Å². The van der Waals surface area contributed by atoms with E-state index in [0.717, 1.165) is 13.0 Å². The summed E-state index contributed by atoms with van der Waals surface area (Å²) < 4.78 is 26.8. The van der Waals surface area contributed by atoms with E-state index in [1.165, 1.54) is 35.4 Å². The van der Waals surface area contributed by atoms with Crippen LogP contribution in [-0.2, 0) is 16.4 Å². The third-order valence-electron chi connectivity index (χ3n) is 4.50. The number of fused-ring (bicyclic) bond motifs is 1. The van der Waals surface area contributed by atoms with Crippen LogP contribution in [0.5, 0.6) is 0 Å². The third kappa shape index (κ3) is 5.32. The molecule has 2 aromatic carbocycles. The third-order valence-corrected chi connectivity index (χ3v) is 6.17. The second-order valence-corrected chi connectivity index (χ2v) is 8.68. The largest absolute Gasteiger partial charge is 0.350 e. The van der Waals surface area contributed by atoms with Gasteiger partial charge in [-0.15, -0.1) is 12.4 Å². The second-order valence-electron chi connectivity index (χ2n) is 6.97. The number of hydrogen-bond donors (Lipinski definition) is 3. The smallest absolute Gasteiger partial charge is 0.251 e. The lowest BCUT2D eigenvalue weighted by Crippen LogP contribution is -2.38. The van der Waals surface area contributed by atoms with Crippen molar-refractivity contribution in [1.82, 2.24) is 15.4 Å². The summed E-state index contributed by atoms with van der Waals surface area (Å²) in [5.74, 6) is -0.222. The van der Waals surface area contributed by atoms with Crippen molar-refractivity contribution >= 4 is 28.3 Å². The number of carbonyl (C=O) groups excluding carboxylic acids is 1. The monoisotopic (exact) mass is 423 g/mol. The van der Waals surface area contributed by atoms with Gasteiger partial charge in [0, 0.05) is 24.2 Å². The fourth-order valence-corrected chi connectivity index (χ4v) is 4.49. The Labute approximate surface area is 172 Å². The molecule has 0 saturated heterocycles. The van der Waals surface area contributed by atoms with Gasteiger partial charge in [-0.2, -0.15) is 0 Å². The lowest BCUT2D eigenvalue weighted by Gasteiger charge is -2.27. The molecule has 1 atom stereocenters. The fraction of sp³-hybridized carbons (Fsp3) is 0.350. The van der Waals surface area contributed by atoms with Crippen LogP contribution in [0.1, 0.15) is 41.4 Å². The van der Waals surface area contributed by atoms with E-state index < -0.39 is 10.0 Å². The predicted molar refractivity (Wildman–Crippen MR) is 112 cm³/mol. The molecule has 152 valence electrons. The summed E-state index contributed by atoms with van der Waals surface area (Å²) in [4.78, 5) is 12.6. The Hall–Kier alpha value is -1.93. The maximum Gasteiger partial charge on any atom is 0.251 e. The van der Waals surface area contributed by atoms with E-state index in [0.29, 0.717) is 12.1 Å². The molecule has 1 aliphatic rings. The van der Waals surface area contributed by atoms with Crippen molar-refractivity contribution in [2.75, 3.05) is 13.1 Å². The van der Waals surface area contributed by atoms with E-state index >= 15 is 0 Å². The second kappa shape index (κ2) is 9.52. The topological polar surface area (TPSA) is 87.3 Å². The van der Waals surface area contributed by atoms with Gasteiger partial charge in [0.05, 0.1) is 4.90 Å². The summed E-state index contributed by atoms with van der Waals surface area (Å²) in [5, 5.41) is 6.36. The van der Waals surface area contributed by atoms with Crippen LogP contribution in [0.3, 0.4) is 0 Å². The van der Waals surface area contributed by atoms with E-state index in [1.54, 1.807) is 13.8 Å². The number of hydrogen-bond acceptors (Lipinski definition) is 4. The Bertz CT molecular complexity index is 915. The number of carbonyl (C=O) groups is 1. The highest BCUT2D eigenvalue weighted by Crippen LogP contribution is 2.22. The normalized spacial score (nSPS) is 16.2. The van der Waals surface area contributed by atoms with E-state index in [4.69, 9.17) is 0 Å². The van der Waals surface area contributed by atoms with E-state index in [2.05, 4.69) is 27.5 Å².